The first-order chi connectivity index (χ1) is 11.1. The summed E-state index contributed by atoms with van der Waals surface area (Å²) < 4.78 is 0. The van der Waals surface area contributed by atoms with Crippen molar-refractivity contribution in [3.8, 4) is 0 Å². The lowest BCUT2D eigenvalue weighted by atomic mass is 9.53. The number of hydrogen-bond donors (Lipinski definition) is 0. The zero-order valence-electron chi connectivity index (χ0n) is 14.8. The molecule has 0 unspecified atom stereocenters. The molecule has 1 nitrogen and oxygen atoms in total. The molecule has 6 atom stereocenters. The minimum Gasteiger partial charge on any atom is -0.303 e. The monoisotopic (exact) mass is 310 g/mol. The van der Waals surface area contributed by atoms with Gasteiger partial charge in [0.25, 0.3) is 0 Å². The standard InChI is InChI=1S/C22H30O/c1-14-5-4-6-17-16(14)7-8-19-18(17)11-12-22(3)20(15(2)13-23)9-10-21(19)22/h4-6,13,15,18-21H,7-12H2,1-3H3/t15-,18-,19-,20-,21+,22-/m1/s1. The van der Waals surface area contributed by atoms with E-state index in [0.717, 1.165) is 17.8 Å². The van der Waals surface area contributed by atoms with E-state index in [4.69, 9.17) is 0 Å². The molecule has 0 amide bonds. The quantitative estimate of drug-likeness (QED) is 0.677. The second-order valence-corrected chi connectivity index (χ2v) is 8.78. The minimum atomic E-state index is 0.236. The van der Waals surface area contributed by atoms with Gasteiger partial charge in [0.1, 0.15) is 6.29 Å². The molecule has 1 aromatic rings. The Labute approximate surface area is 140 Å². The maximum atomic E-state index is 11.4. The van der Waals surface area contributed by atoms with Crippen molar-refractivity contribution in [2.75, 3.05) is 0 Å². The predicted octanol–water partition coefficient (Wildman–Crippen LogP) is 5.30. The molecule has 124 valence electrons. The summed E-state index contributed by atoms with van der Waals surface area (Å²) in [5, 5.41) is 0. The Hall–Kier alpha value is -1.11. The van der Waals surface area contributed by atoms with Crippen molar-refractivity contribution < 1.29 is 4.79 Å². The number of carbonyl (C=O) groups excluding carboxylic acids is 1. The van der Waals surface area contributed by atoms with Gasteiger partial charge >= 0.3 is 0 Å². The highest BCUT2D eigenvalue weighted by atomic mass is 16.1. The molecule has 0 radical (unpaired) electrons. The molecule has 3 aliphatic carbocycles. The van der Waals surface area contributed by atoms with Crippen LogP contribution in [0.2, 0.25) is 0 Å². The summed E-state index contributed by atoms with van der Waals surface area (Å²) in [5.74, 6) is 3.32. The molecule has 0 N–H and O–H groups in total. The fraction of sp³-hybridized carbons (Fsp3) is 0.682. The molecule has 1 heteroatoms. The van der Waals surface area contributed by atoms with Crippen molar-refractivity contribution in [3.05, 3.63) is 34.9 Å². The summed E-state index contributed by atoms with van der Waals surface area (Å²) in [7, 11) is 0. The Kier molecular flexibility index (Phi) is 3.66. The fourth-order valence-corrected chi connectivity index (χ4v) is 6.80. The van der Waals surface area contributed by atoms with Gasteiger partial charge in [0.15, 0.2) is 0 Å². The Morgan fingerprint density at radius 3 is 2.83 bits per heavy atom. The van der Waals surface area contributed by atoms with E-state index < -0.39 is 0 Å². The van der Waals surface area contributed by atoms with Gasteiger partial charge in [0, 0.05) is 5.92 Å². The number of rotatable bonds is 2. The van der Waals surface area contributed by atoms with E-state index in [1.54, 1.807) is 11.1 Å². The second-order valence-electron chi connectivity index (χ2n) is 8.78. The number of benzene rings is 1. The van der Waals surface area contributed by atoms with Gasteiger partial charge in [0.05, 0.1) is 0 Å². The van der Waals surface area contributed by atoms with Crippen molar-refractivity contribution in [2.45, 2.75) is 65.2 Å². The van der Waals surface area contributed by atoms with Crippen molar-refractivity contribution in [3.63, 3.8) is 0 Å². The summed E-state index contributed by atoms with van der Waals surface area (Å²) in [5.41, 5.74) is 5.21. The molecule has 0 saturated heterocycles. The Bertz CT molecular complexity index is 618. The maximum Gasteiger partial charge on any atom is 0.123 e. The van der Waals surface area contributed by atoms with Gasteiger partial charge < -0.3 is 4.79 Å². The van der Waals surface area contributed by atoms with Gasteiger partial charge in [0.2, 0.25) is 0 Å². The molecule has 2 saturated carbocycles. The molecule has 0 bridgehead atoms. The third-order valence-electron chi connectivity index (χ3n) is 7.93. The molecule has 0 heterocycles. The number of aryl methyl sites for hydroxylation is 1. The van der Waals surface area contributed by atoms with Crippen LogP contribution in [0.4, 0.5) is 0 Å². The van der Waals surface area contributed by atoms with E-state index in [0.29, 0.717) is 11.3 Å². The van der Waals surface area contributed by atoms with Crippen LogP contribution in [0, 0.1) is 36.0 Å². The molecule has 0 aromatic heterocycles. The summed E-state index contributed by atoms with van der Waals surface area (Å²) in [6.45, 7) is 6.94. The average Bonchev–Trinajstić information content (AvgIpc) is 2.91. The largest absolute Gasteiger partial charge is 0.303 e. The van der Waals surface area contributed by atoms with E-state index in [1.165, 1.54) is 50.4 Å². The number of hydrogen-bond acceptors (Lipinski definition) is 1. The fourth-order valence-electron chi connectivity index (χ4n) is 6.80. The van der Waals surface area contributed by atoms with Crippen LogP contribution in [0.5, 0.6) is 0 Å². The van der Waals surface area contributed by atoms with E-state index in [1.807, 2.05) is 0 Å². The van der Waals surface area contributed by atoms with Crippen LogP contribution in [-0.2, 0) is 11.2 Å². The molecule has 1 aromatic carbocycles. The molecular weight excluding hydrogens is 280 g/mol. The summed E-state index contributed by atoms with van der Waals surface area (Å²) in [6, 6.07) is 6.95. The topological polar surface area (TPSA) is 17.1 Å². The van der Waals surface area contributed by atoms with Gasteiger partial charge in [-0.25, -0.2) is 0 Å². The maximum absolute atomic E-state index is 11.4. The third kappa shape index (κ3) is 2.15. The Morgan fingerprint density at radius 2 is 2.04 bits per heavy atom. The number of aldehydes is 1. The highest BCUT2D eigenvalue weighted by molar-refractivity contribution is 5.54. The molecular formula is C22H30O. The van der Waals surface area contributed by atoms with E-state index in [9.17, 15) is 4.79 Å². The van der Waals surface area contributed by atoms with Crippen molar-refractivity contribution >= 4 is 6.29 Å². The highest BCUT2D eigenvalue weighted by Gasteiger charge is 2.55. The summed E-state index contributed by atoms with van der Waals surface area (Å²) in [4.78, 5) is 11.4. The zero-order valence-corrected chi connectivity index (χ0v) is 14.8. The molecule has 0 aliphatic heterocycles. The lowest BCUT2D eigenvalue weighted by Crippen LogP contribution is -2.43. The van der Waals surface area contributed by atoms with E-state index >= 15 is 0 Å². The van der Waals surface area contributed by atoms with Gasteiger partial charge in [-0.05, 0) is 91.2 Å². The molecule has 2 fully saturated rings. The van der Waals surface area contributed by atoms with Crippen molar-refractivity contribution in [1.82, 2.24) is 0 Å². The van der Waals surface area contributed by atoms with Crippen LogP contribution < -0.4 is 0 Å². The van der Waals surface area contributed by atoms with Crippen LogP contribution in [0.15, 0.2) is 18.2 Å². The third-order valence-corrected chi connectivity index (χ3v) is 7.93. The lowest BCUT2D eigenvalue weighted by Gasteiger charge is -2.51. The van der Waals surface area contributed by atoms with Crippen molar-refractivity contribution in [2.24, 2.45) is 29.1 Å². The van der Waals surface area contributed by atoms with E-state index in [2.05, 4.69) is 39.0 Å². The van der Waals surface area contributed by atoms with Crippen molar-refractivity contribution in [1.29, 1.82) is 0 Å². The number of carbonyl (C=O) groups is 1. The number of fused-ring (bicyclic) bond motifs is 5. The molecule has 23 heavy (non-hydrogen) atoms. The summed E-state index contributed by atoms with van der Waals surface area (Å²) in [6.07, 6.45) is 9.11. The minimum absolute atomic E-state index is 0.236. The Morgan fingerprint density at radius 1 is 1.22 bits per heavy atom. The van der Waals surface area contributed by atoms with E-state index in [-0.39, 0.29) is 5.92 Å². The SMILES string of the molecule is Cc1cccc2c1CC[C@@H]1[C@@H]2CC[C@]2(C)[C@@H]([C@H](C)C=O)CC[C@@H]12. The highest BCUT2D eigenvalue weighted by Crippen LogP contribution is 2.64. The molecule has 3 aliphatic rings. The van der Waals surface area contributed by atoms with Crippen LogP contribution in [-0.4, -0.2) is 6.29 Å². The van der Waals surface area contributed by atoms with Crippen LogP contribution in [0.25, 0.3) is 0 Å². The van der Waals surface area contributed by atoms with Crippen LogP contribution in [0.3, 0.4) is 0 Å². The first-order valence-electron chi connectivity index (χ1n) is 9.60. The molecule has 4 rings (SSSR count). The van der Waals surface area contributed by atoms with Gasteiger partial charge in [-0.15, -0.1) is 0 Å². The molecule has 0 spiro atoms. The smallest absolute Gasteiger partial charge is 0.123 e. The van der Waals surface area contributed by atoms with Gasteiger partial charge in [-0.3, -0.25) is 0 Å². The van der Waals surface area contributed by atoms with Crippen LogP contribution in [0.1, 0.15) is 68.6 Å². The normalized spacial score (nSPS) is 40.0. The Balaban J connectivity index is 1.67. The summed E-state index contributed by atoms with van der Waals surface area (Å²) >= 11 is 0. The van der Waals surface area contributed by atoms with Gasteiger partial charge in [-0.2, -0.15) is 0 Å². The van der Waals surface area contributed by atoms with Crippen LogP contribution >= 0.6 is 0 Å². The van der Waals surface area contributed by atoms with Gasteiger partial charge in [-0.1, -0.05) is 32.0 Å². The zero-order chi connectivity index (χ0) is 16.2. The predicted molar refractivity (Wildman–Crippen MR) is 94.5 cm³/mol. The second kappa shape index (κ2) is 5.46. The average molecular weight is 310 g/mol. The lowest BCUT2D eigenvalue weighted by molar-refractivity contribution is -0.114. The first-order valence-corrected chi connectivity index (χ1v) is 9.60. The first kappa shape index (κ1) is 15.4.